The first-order chi connectivity index (χ1) is 17.0. The maximum Gasteiger partial charge on any atom is 0.411 e. The average molecular weight is 473 g/mol. The lowest BCUT2D eigenvalue weighted by atomic mass is 9.92. The van der Waals surface area contributed by atoms with Crippen molar-refractivity contribution in [3.8, 4) is 17.3 Å². The van der Waals surface area contributed by atoms with E-state index in [4.69, 9.17) is 9.47 Å². The molecular formula is C28H32N4O3. The van der Waals surface area contributed by atoms with Crippen LogP contribution < -0.4 is 10.2 Å². The number of hydrogen-bond acceptors (Lipinski definition) is 5. The Morgan fingerprint density at radius 1 is 1.17 bits per heavy atom. The van der Waals surface area contributed by atoms with E-state index in [1.807, 2.05) is 38.1 Å². The van der Waals surface area contributed by atoms with Crippen LogP contribution in [0.25, 0.3) is 22.2 Å². The number of nitriles is 1. The third-order valence-corrected chi connectivity index (χ3v) is 6.87. The molecule has 3 aromatic rings. The smallest absolute Gasteiger partial charge is 0.411 e. The Balaban J connectivity index is 1.51. The third kappa shape index (κ3) is 4.71. The molecule has 1 aliphatic heterocycles. The number of ether oxygens (including phenoxy) is 2. The molecule has 5 rings (SSSR count). The zero-order chi connectivity index (χ0) is 24.4. The summed E-state index contributed by atoms with van der Waals surface area (Å²) in [7, 11) is 0. The first-order valence-corrected chi connectivity index (χ1v) is 12.5. The van der Waals surface area contributed by atoms with Crippen LogP contribution in [0.15, 0.2) is 42.5 Å². The number of fused-ring (bicyclic) bond motifs is 1. The third-order valence-electron chi connectivity index (χ3n) is 6.87. The van der Waals surface area contributed by atoms with Crippen molar-refractivity contribution in [2.45, 2.75) is 39.2 Å². The fourth-order valence-corrected chi connectivity index (χ4v) is 4.85. The molecule has 0 radical (unpaired) electrons. The Labute approximate surface area is 206 Å². The minimum atomic E-state index is -0.455. The normalized spacial score (nSPS) is 16.2. The van der Waals surface area contributed by atoms with E-state index in [0.29, 0.717) is 23.9 Å². The van der Waals surface area contributed by atoms with Crippen molar-refractivity contribution in [2.75, 3.05) is 43.1 Å². The van der Waals surface area contributed by atoms with Crippen LogP contribution in [0.5, 0.6) is 0 Å². The summed E-state index contributed by atoms with van der Waals surface area (Å²) in [6, 6.07) is 17.1. The van der Waals surface area contributed by atoms with Crippen molar-refractivity contribution in [3.63, 3.8) is 0 Å². The van der Waals surface area contributed by atoms with Gasteiger partial charge in [0.05, 0.1) is 36.6 Å². The summed E-state index contributed by atoms with van der Waals surface area (Å²) < 4.78 is 13.1. The summed E-state index contributed by atoms with van der Waals surface area (Å²) >= 11 is 0. The van der Waals surface area contributed by atoms with Gasteiger partial charge in [-0.3, -0.25) is 5.32 Å². The van der Waals surface area contributed by atoms with Gasteiger partial charge in [0.2, 0.25) is 0 Å². The van der Waals surface area contributed by atoms with Crippen molar-refractivity contribution in [1.29, 1.82) is 5.26 Å². The van der Waals surface area contributed by atoms with E-state index >= 15 is 0 Å². The molecule has 0 atom stereocenters. The summed E-state index contributed by atoms with van der Waals surface area (Å²) in [6.07, 6.45) is 2.99. The molecule has 0 bridgehead atoms. The molecule has 1 aromatic heterocycles. The van der Waals surface area contributed by atoms with Gasteiger partial charge in [-0.25, -0.2) is 4.79 Å². The number of amides is 1. The minimum Gasteiger partial charge on any atom is -0.449 e. The molecule has 1 aliphatic carbocycles. The lowest BCUT2D eigenvalue weighted by Crippen LogP contribution is -2.36. The van der Waals surface area contributed by atoms with Crippen molar-refractivity contribution >= 4 is 28.4 Å². The number of morpholine rings is 1. The van der Waals surface area contributed by atoms with E-state index in [1.54, 1.807) is 0 Å². The van der Waals surface area contributed by atoms with Crippen LogP contribution in [-0.4, -0.2) is 43.6 Å². The predicted octanol–water partition coefficient (Wildman–Crippen LogP) is 5.95. The lowest BCUT2D eigenvalue weighted by Gasteiger charge is -2.31. The summed E-state index contributed by atoms with van der Waals surface area (Å²) in [5, 5.41) is 14.1. The van der Waals surface area contributed by atoms with Gasteiger partial charge in [-0.05, 0) is 61.1 Å². The predicted molar refractivity (Wildman–Crippen MR) is 138 cm³/mol. The van der Waals surface area contributed by atoms with Crippen LogP contribution in [-0.2, 0) is 9.47 Å². The second-order valence-corrected chi connectivity index (χ2v) is 9.79. The van der Waals surface area contributed by atoms with E-state index in [0.717, 1.165) is 67.0 Å². The average Bonchev–Trinajstić information content (AvgIpc) is 3.16. The van der Waals surface area contributed by atoms with E-state index in [2.05, 4.69) is 39.1 Å². The Kier molecular flexibility index (Phi) is 6.65. The summed E-state index contributed by atoms with van der Waals surface area (Å²) in [4.78, 5) is 14.4. The summed E-state index contributed by atoms with van der Waals surface area (Å²) in [6.45, 7) is 7.55. The van der Waals surface area contributed by atoms with Crippen molar-refractivity contribution in [2.24, 2.45) is 5.92 Å². The molecule has 1 amide bonds. The van der Waals surface area contributed by atoms with Gasteiger partial charge in [0.1, 0.15) is 6.07 Å². The number of benzene rings is 2. The van der Waals surface area contributed by atoms with E-state index in [1.165, 1.54) is 6.42 Å². The molecular weight excluding hydrogens is 440 g/mol. The number of anilines is 2. The number of hydrogen-bond donors (Lipinski definition) is 1. The molecule has 0 spiro atoms. The molecule has 2 fully saturated rings. The largest absolute Gasteiger partial charge is 0.449 e. The highest BCUT2D eigenvalue weighted by Crippen LogP contribution is 2.43. The van der Waals surface area contributed by atoms with Gasteiger partial charge in [-0.2, -0.15) is 5.26 Å². The van der Waals surface area contributed by atoms with Crippen LogP contribution in [0, 0.1) is 17.2 Å². The summed E-state index contributed by atoms with van der Waals surface area (Å²) in [5.41, 5.74) is 5.55. The zero-order valence-electron chi connectivity index (χ0n) is 20.4. The molecule has 1 saturated heterocycles. The van der Waals surface area contributed by atoms with Gasteiger partial charge in [0, 0.05) is 35.9 Å². The van der Waals surface area contributed by atoms with Crippen LogP contribution in [0.1, 0.15) is 44.7 Å². The molecule has 7 nitrogen and oxygen atoms in total. The molecule has 2 aliphatic rings. The van der Waals surface area contributed by atoms with Gasteiger partial charge < -0.3 is 18.9 Å². The fourth-order valence-electron chi connectivity index (χ4n) is 4.85. The van der Waals surface area contributed by atoms with Crippen LogP contribution >= 0.6 is 0 Å². The Morgan fingerprint density at radius 2 is 1.91 bits per heavy atom. The maximum absolute atomic E-state index is 12.0. The number of rotatable bonds is 6. The van der Waals surface area contributed by atoms with E-state index in [9.17, 15) is 10.1 Å². The quantitative estimate of drug-likeness (QED) is 0.480. The number of nitrogens with one attached hydrogen (secondary N) is 1. The molecule has 1 saturated carbocycles. The second kappa shape index (κ2) is 10.0. The van der Waals surface area contributed by atoms with Gasteiger partial charge in [-0.15, -0.1) is 0 Å². The first kappa shape index (κ1) is 23.3. The van der Waals surface area contributed by atoms with Crippen LogP contribution in [0.2, 0.25) is 0 Å². The Bertz CT molecular complexity index is 1250. The fraction of sp³-hybridized carbons (Fsp3) is 0.429. The molecule has 2 aromatic carbocycles. The molecule has 0 unspecified atom stereocenters. The monoisotopic (exact) mass is 472 g/mol. The van der Waals surface area contributed by atoms with Gasteiger partial charge in [-0.1, -0.05) is 26.0 Å². The zero-order valence-corrected chi connectivity index (χ0v) is 20.4. The van der Waals surface area contributed by atoms with Gasteiger partial charge in [0.25, 0.3) is 0 Å². The molecule has 182 valence electrons. The van der Waals surface area contributed by atoms with Crippen molar-refractivity contribution in [1.82, 2.24) is 4.57 Å². The SMILES string of the molecule is CC(C)COC(=O)Nc1ccc(-c2c(C#N)c3cc(N4CCOCC4)ccc3n2C2CCC2)cc1. The standard InChI is InChI=1S/C28H32N4O3/c1-19(2)18-35-28(33)30-21-8-6-20(7-9-21)27-25(17-29)24-16-23(31-12-14-34-15-13-31)10-11-26(24)32(27)22-4-3-5-22/h6-11,16,19,22H,3-5,12-15,18H2,1-2H3,(H,30,33). The molecule has 35 heavy (non-hydrogen) atoms. The van der Waals surface area contributed by atoms with Crippen molar-refractivity contribution in [3.05, 3.63) is 48.0 Å². The van der Waals surface area contributed by atoms with Crippen LogP contribution in [0.3, 0.4) is 0 Å². The Hall–Kier alpha value is -3.50. The summed E-state index contributed by atoms with van der Waals surface area (Å²) in [5.74, 6) is 0.282. The highest BCUT2D eigenvalue weighted by atomic mass is 16.5. The first-order valence-electron chi connectivity index (χ1n) is 12.5. The molecule has 7 heteroatoms. The van der Waals surface area contributed by atoms with Gasteiger partial charge >= 0.3 is 6.09 Å². The van der Waals surface area contributed by atoms with Crippen molar-refractivity contribution < 1.29 is 14.3 Å². The van der Waals surface area contributed by atoms with E-state index in [-0.39, 0.29) is 5.92 Å². The lowest BCUT2D eigenvalue weighted by molar-refractivity contribution is 0.122. The second-order valence-electron chi connectivity index (χ2n) is 9.79. The topological polar surface area (TPSA) is 79.5 Å². The number of aromatic nitrogens is 1. The number of carbonyl (C=O) groups excluding carboxylic acids is 1. The minimum absolute atomic E-state index is 0.282. The van der Waals surface area contributed by atoms with E-state index < -0.39 is 6.09 Å². The van der Waals surface area contributed by atoms with Crippen LogP contribution in [0.4, 0.5) is 16.2 Å². The number of carbonyl (C=O) groups is 1. The van der Waals surface area contributed by atoms with Gasteiger partial charge in [0.15, 0.2) is 0 Å². The highest BCUT2D eigenvalue weighted by Gasteiger charge is 2.28. The molecule has 2 heterocycles. The molecule has 1 N–H and O–H groups in total. The maximum atomic E-state index is 12.0. The highest BCUT2D eigenvalue weighted by molar-refractivity contribution is 5.97. The number of nitrogens with zero attached hydrogens (tertiary/aromatic N) is 3. The Morgan fingerprint density at radius 3 is 2.54 bits per heavy atom.